The number of halogens is 2. The zero-order chi connectivity index (χ0) is 12.7. The van der Waals surface area contributed by atoms with E-state index in [1.807, 2.05) is 34.9 Å². The van der Waals surface area contributed by atoms with E-state index in [0.29, 0.717) is 21.6 Å². The van der Waals surface area contributed by atoms with Gasteiger partial charge in [0.1, 0.15) is 17.2 Å². The van der Waals surface area contributed by atoms with Crippen LogP contribution in [0.1, 0.15) is 0 Å². The lowest BCUT2D eigenvalue weighted by atomic mass is 10.1. The van der Waals surface area contributed by atoms with E-state index in [2.05, 4.69) is 4.98 Å². The Labute approximate surface area is 114 Å². The van der Waals surface area contributed by atoms with E-state index >= 15 is 0 Å². The molecule has 0 unspecified atom stereocenters. The zero-order valence-corrected chi connectivity index (χ0v) is 10.8. The average molecular weight is 278 g/mol. The van der Waals surface area contributed by atoms with Crippen molar-refractivity contribution in [2.75, 3.05) is 5.73 Å². The number of anilines is 1. The number of imidazole rings is 1. The molecule has 0 spiro atoms. The highest BCUT2D eigenvalue weighted by molar-refractivity contribution is 6.42. The van der Waals surface area contributed by atoms with Crippen LogP contribution in [0.5, 0.6) is 0 Å². The molecule has 0 aliphatic rings. The van der Waals surface area contributed by atoms with E-state index < -0.39 is 0 Å². The highest BCUT2D eigenvalue weighted by Gasteiger charge is 2.11. The summed E-state index contributed by atoms with van der Waals surface area (Å²) in [5.74, 6) is 0.587. The molecule has 0 saturated heterocycles. The van der Waals surface area contributed by atoms with Crippen LogP contribution in [0.3, 0.4) is 0 Å². The van der Waals surface area contributed by atoms with Gasteiger partial charge in [-0.15, -0.1) is 0 Å². The zero-order valence-electron chi connectivity index (χ0n) is 9.27. The molecule has 3 rings (SSSR count). The van der Waals surface area contributed by atoms with Crippen LogP contribution in [0, 0.1) is 0 Å². The molecule has 0 amide bonds. The average Bonchev–Trinajstić information content (AvgIpc) is 2.71. The molecule has 3 aromatic rings. The first-order valence-corrected chi connectivity index (χ1v) is 6.10. The SMILES string of the molecule is Nc1c(-c2ccc(Cl)c(Cl)c2)nc2ccccn12. The van der Waals surface area contributed by atoms with Gasteiger partial charge in [-0.2, -0.15) is 0 Å². The quantitative estimate of drug-likeness (QED) is 0.733. The van der Waals surface area contributed by atoms with E-state index in [1.165, 1.54) is 0 Å². The number of hydrogen-bond donors (Lipinski definition) is 1. The molecule has 1 aromatic carbocycles. The van der Waals surface area contributed by atoms with Gasteiger partial charge < -0.3 is 5.73 Å². The van der Waals surface area contributed by atoms with Crippen molar-refractivity contribution in [1.82, 2.24) is 9.38 Å². The monoisotopic (exact) mass is 277 g/mol. The first kappa shape index (κ1) is 11.4. The lowest BCUT2D eigenvalue weighted by Gasteiger charge is -2.01. The lowest BCUT2D eigenvalue weighted by Crippen LogP contribution is -1.93. The Morgan fingerprint density at radius 1 is 1.06 bits per heavy atom. The fourth-order valence-electron chi connectivity index (χ4n) is 1.87. The standard InChI is InChI=1S/C13H9Cl2N3/c14-9-5-4-8(7-10(9)15)12-13(16)18-6-2-1-3-11(18)17-12/h1-7H,16H2. The topological polar surface area (TPSA) is 43.3 Å². The van der Waals surface area contributed by atoms with Crippen LogP contribution >= 0.6 is 23.2 Å². The molecule has 2 heterocycles. The Morgan fingerprint density at radius 2 is 1.89 bits per heavy atom. The second kappa shape index (κ2) is 4.19. The maximum atomic E-state index is 6.08. The Balaban J connectivity index is 2.25. The number of pyridine rings is 1. The normalized spacial score (nSPS) is 11.0. The minimum atomic E-state index is 0.491. The van der Waals surface area contributed by atoms with Gasteiger partial charge in [0.25, 0.3) is 0 Å². The summed E-state index contributed by atoms with van der Waals surface area (Å²) in [7, 11) is 0. The van der Waals surface area contributed by atoms with Crippen LogP contribution < -0.4 is 5.73 Å². The minimum absolute atomic E-state index is 0.491. The fourth-order valence-corrected chi connectivity index (χ4v) is 2.17. The van der Waals surface area contributed by atoms with Crippen molar-refractivity contribution in [2.24, 2.45) is 0 Å². The third-order valence-corrected chi connectivity index (χ3v) is 3.50. The maximum absolute atomic E-state index is 6.08. The predicted octanol–water partition coefficient (Wildman–Crippen LogP) is 3.89. The van der Waals surface area contributed by atoms with Gasteiger partial charge in [0.2, 0.25) is 0 Å². The molecule has 0 radical (unpaired) electrons. The Bertz CT molecular complexity index is 734. The third-order valence-electron chi connectivity index (χ3n) is 2.76. The molecule has 0 saturated carbocycles. The van der Waals surface area contributed by atoms with Crippen LogP contribution in [0.4, 0.5) is 5.82 Å². The van der Waals surface area contributed by atoms with Gasteiger partial charge >= 0.3 is 0 Å². The Hall–Kier alpha value is -1.71. The first-order chi connectivity index (χ1) is 8.66. The largest absolute Gasteiger partial charge is 0.383 e. The molecule has 18 heavy (non-hydrogen) atoms. The molecular weight excluding hydrogens is 269 g/mol. The van der Waals surface area contributed by atoms with Gasteiger partial charge in [0.05, 0.1) is 10.0 Å². The minimum Gasteiger partial charge on any atom is -0.383 e. The number of hydrogen-bond acceptors (Lipinski definition) is 2. The molecule has 2 aromatic heterocycles. The number of rotatable bonds is 1. The van der Waals surface area contributed by atoms with Crippen molar-refractivity contribution in [2.45, 2.75) is 0 Å². The second-order valence-corrected chi connectivity index (χ2v) is 4.72. The lowest BCUT2D eigenvalue weighted by molar-refractivity contribution is 1.20. The van der Waals surface area contributed by atoms with Gasteiger partial charge in [-0.3, -0.25) is 4.40 Å². The van der Waals surface area contributed by atoms with E-state index in [9.17, 15) is 0 Å². The van der Waals surface area contributed by atoms with E-state index in [4.69, 9.17) is 28.9 Å². The van der Waals surface area contributed by atoms with Gasteiger partial charge in [-0.05, 0) is 24.3 Å². The molecule has 5 heteroatoms. The predicted molar refractivity (Wildman–Crippen MR) is 75.1 cm³/mol. The summed E-state index contributed by atoms with van der Waals surface area (Å²) in [5.41, 5.74) is 8.45. The van der Waals surface area contributed by atoms with E-state index in [0.717, 1.165) is 11.2 Å². The second-order valence-electron chi connectivity index (χ2n) is 3.90. The summed E-state index contributed by atoms with van der Waals surface area (Å²) in [5, 5.41) is 1.01. The Morgan fingerprint density at radius 3 is 2.61 bits per heavy atom. The van der Waals surface area contributed by atoms with Crippen LogP contribution in [-0.4, -0.2) is 9.38 Å². The van der Waals surface area contributed by atoms with Crippen molar-refractivity contribution in [3.8, 4) is 11.3 Å². The summed E-state index contributed by atoms with van der Waals surface area (Å²) >= 11 is 11.9. The number of nitrogens with two attached hydrogens (primary N) is 1. The van der Waals surface area contributed by atoms with Crippen molar-refractivity contribution in [3.63, 3.8) is 0 Å². The molecule has 2 N–H and O–H groups in total. The smallest absolute Gasteiger partial charge is 0.139 e. The molecule has 3 nitrogen and oxygen atoms in total. The molecule has 0 bridgehead atoms. The summed E-state index contributed by atoms with van der Waals surface area (Å²) in [6.45, 7) is 0. The van der Waals surface area contributed by atoms with Crippen molar-refractivity contribution >= 4 is 34.7 Å². The van der Waals surface area contributed by atoms with Crippen molar-refractivity contribution in [3.05, 3.63) is 52.6 Å². The molecule has 0 atom stereocenters. The van der Waals surface area contributed by atoms with Crippen LogP contribution in [0.2, 0.25) is 10.0 Å². The highest BCUT2D eigenvalue weighted by Crippen LogP contribution is 2.31. The van der Waals surface area contributed by atoms with E-state index in [1.54, 1.807) is 12.1 Å². The van der Waals surface area contributed by atoms with Crippen molar-refractivity contribution < 1.29 is 0 Å². The maximum Gasteiger partial charge on any atom is 0.139 e. The number of nitrogens with zero attached hydrogens (tertiary/aromatic N) is 2. The fraction of sp³-hybridized carbons (Fsp3) is 0. The third kappa shape index (κ3) is 1.72. The van der Waals surface area contributed by atoms with Gasteiger partial charge in [-0.1, -0.05) is 35.3 Å². The molecular formula is C13H9Cl2N3. The van der Waals surface area contributed by atoms with Gasteiger partial charge in [-0.25, -0.2) is 4.98 Å². The number of benzene rings is 1. The van der Waals surface area contributed by atoms with Gasteiger partial charge in [0.15, 0.2) is 0 Å². The van der Waals surface area contributed by atoms with Crippen molar-refractivity contribution in [1.29, 1.82) is 0 Å². The summed E-state index contributed by atoms with van der Waals surface area (Å²) < 4.78 is 1.83. The first-order valence-electron chi connectivity index (χ1n) is 5.35. The summed E-state index contributed by atoms with van der Waals surface area (Å²) in [6, 6.07) is 11.1. The molecule has 90 valence electrons. The number of nitrogen functional groups attached to an aromatic ring is 1. The van der Waals surface area contributed by atoms with Crippen LogP contribution in [-0.2, 0) is 0 Å². The number of aromatic nitrogens is 2. The molecule has 0 aliphatic carbocycles. The summed E-state index contributed by atoms with van der Waals surface area (Å²) in [6.07, 6.45) is 1.87. The summed E-state index contributed by atoms with van der Waals surface area (Å²) in [4.78, 5) is 4.49. The van der Waals surface area contributed by atoms with E-state index in [-0.39, 0.29) is 0 Å². The van der Waals surface area contributed by atoms with Crippen LogP contribution in [0.15, 0.2) is 42.6 Å². The van der Waals surface area contributed by atoms with Gasteiger partial charge in [0, 0.05) is 11.8 Å². The molecule has 0 aliphatic heterocycles. The molecule has 0 fully saturated rings. The Kier molecular flexibility index (Phi) is 2.65. The highest BCUT2D eigenvalue weighted by atomic mass is 35.5. The number of fused-ring (bicyclic) bond motifs is 1. The van der Waals surface area contributed by atoms with Crippen LogP contribution in [0.25, 0.3) is 16.9 Å².